The molecule has 98 valence electrons. The first-order valence-electron chi connectivity index (χ1n) is 6.39. The summed E-state index contributed by atoms with van der Waals surface area (Å²) in [5.74, 6) is -0.0647. The van der Waals surface area contributed by atoms with E-state index in [-0.39, 0.29) is 0 Å². The standard InChI is InChI=1S/C14H15N3O2/c18-13(19)14(6-3-7-14)9-15-12-11-5-2-1-4-10(11)8-16-17-12/h1-2,4-5,8H,3,6-7,9H2,(H,15,17)(H,18,19). The lowest BCUT2D eigenvalue weighted by atomic mass is 9.69. The summed E-state index contributed by atoms with van der Waals surface area (Å²) in [5, 5.41) is 22.4. The Hall–Kier alpha value is -2.17. The molecule has 0 amide bonds. The van der Waals surface area contributed by atoms with Crippen LogP contribution in [0.15, 0.2) is 30.5 Å². The van der Waals surface area contributed by atoms with E-state index in [0.29, 0.717) is 12.4 Å². The number of benzene rings is 1. The monoisotopic (exact) mass is 257 g/mol. The third kappa shape index (κ3) is 2.01. The fourth-order valence-corrected chi connectivity index (χ4v) is 2.48. The van der Waals surface area contributed by atoms with Crippen LogP contribution in [0.5, 0.6) is 0 Å². The predicted molar refractivity (Wildman–Crippen MR) is 71.9 cm³/mol. The van der Waals surface area contributed by atoms with E-state index in [4.69, 9.17) is 0 Å². The number of carboxylic acids is 1. The van der Waals surface area contributed by atoms with E-state index in [1.54, 1.807) is 6.20 Å². The number of hydrogen-bond donors (Lipinski definition) is 2. The van der Waals surface area contributed by atoms with Crippen LogP contribution in [-0.2, 0) is 4.79 Å². The van der Waals surface area contributed by atoms with Gasteiger partial charge in [0, 0.05) is 17.3 Å². The molecule has 1 aromatic heterocycles. The number of hydrogen-bond acceptors (Lipinski definition) is 4. The number of nitrogens with zero attached hydrogens (tertiary/aromatic N) is 2. The lowest BCUT2D eigenvalue weighted by Crippen LogP contribution is -2.43. The van der Waals surface area contributed by atoms with Crippen LogP contribution >= 0.6 is 0 Å². The second-order valence-electron chi connectivity index (χ2n) is 5.07. The lowest BCUT2D eigenvalue weighted by molar-refractivity contribution is -0.153. The van der Waals surface area contributed by atoms with Gasteiger partial charge in [0.05, 0.1) is 11.6 Å². The van der Waals surface area contributed by atoms with Crippen molar-refractivity contribution in [1.29, 1.82) is 0 Å². The summed E-state index contributed by atoms with van der Waals surface area (Å²) in [7, 11) is 0. The zero-order valence-corrected chi connectivity index (χ0v) is 10.5. The topological polar surface area (TPSA) is 75.1 Å². The van der Waals surface area contributed by atoms with Crippen molar-refractivity contribution in [3.8, 4) is 0 Å². The zero-order chi connectivity index (χ0) is 13.3. The van der Waals surface area contributed by atoms with Gasteiger partial charge in [0.15, 0.2) is 5.82 Å². The molecule has 1 aromatic carbocycles. The highest BCUT2D eigenvalue weighted by atomic mass is 16.4. The first-order valence-corrected chi connectivity index (χ1v) is 6.39. The van der Waals surface area contributed by atoms with Crippen LogP contribution < -0.4 is 5.32 Å². The van der Waals surface area contributed by atoms with Gasteiger partial charge in [-0.2, -0.15) is 5.10 Å². The molecule has 1 heterocycles. The van der Waals surface area contributed by atoms with Gasteiger partial charge in [0.25, 0.3) is 0 Å². The summed E-state index contributed by atoms with van der Waals surface area (Å²) in [5.41, 5.74) is -0.626. The van der Waals surface area contributed by atoms with E-state index >= 15 is 0 Å². The van der Waals surface area contributed by atoms with Gasteiger partial charge in [-0.1, -0.05) is 30.7 Å². The van der Waals surface area contributed by atoms with Crippen molar-refractivity contribution in [1.82, 2.24) is 10.2 Å². The van der Waals surface area contributed by atoms with Gasteiger partial charge >= 0.3 is 5.97 Å². The summed E-state index contributed by atoms with van der Waals surface area (Å²) in [4.78, 5) is 11.3. The van der Waals surface area contributed by atoms with Gasteiger partial charge in [-0.3, -0.25) is 4.79 Å². The maximum atomic E-state index is 11.3. The molecular formula is C14H15N3O2. The minimum absolute atomic E-state index is 0.408. The Labute approximate surface area is 110 Å². The van der Waals surface area contributed by atoms with Gasteiger partial charge in [-0.25, -0.2) is 0 Å². The van der Waals surface area contributed by atoms with Gasteiger partial charge in [0.1, 0.15) is 0 Å². The molecule has 1 aliphatic rings. The number of carboxylic acid groups (broad SMARTS) is 1. The van der Waals surface area contributed by atoms with Crippen LogP contribution in [0.1, 0.15) is 19.3 Å². The number of fused-ring (bicyclic) bond motifs is 1. The molecule has 19 heavy (non-hydrogen) atoms. The van der Waals surface area contributed by atoms with Crippen molar-refractivity contribution < 1.29 is 9.90 Å². The average Bonchev–Trinajstić information content (AvgIpc) is 2.37. The minimum Gasteiger partial charge on any atom is -0.481 e. The first kappa shape index (κ1) is 11.9. The molecule has 2 N–H and O–H groups in total. The number of aromatic nitrogens is 2. The average molecular weight is 257 g/mol. The van der Waals surface area contributed by atoms with Gasteiger partial charge < -0.3 is 10.4 Å². The van der Waals surface area contributed by atoms with Crippen molar-refractivity contribution >= 4 is 22.6 Å². The van der Waals surface area contributed by atoms with Gasteiger partial charge in [-0.05, 0) is 12.8 Å². The Bertz CT molecular complexity index is 618. The summed E-state index contributed by atoms with van der Waals surface area (Å²) >= 11 is 0. The van der Waals surface area contributed by atoms with Gasteiger partial charge in [-0.15, -0.1) is 5.10 Å². The number of aliphatic carboxylic acids is 1. The maximum Gasteiger partial charge on any atom is 0.311 e. The number of carbonyl (C=O) groups is 1. The van der Waals surface area contributed by atoms with Crippen molar-refractivity contribution in [2.75, 3.05) is 11.9 Å². The van der Waals surface area contributed by atoms with E-state index in [1.165, 1.54) is 0 Å². The number of nitrogens with one attached hydrogen (secondary N) is 1. The molecule has 2 aromatic rings. The Morgan fingerprint density at radius 2 is 2.16 bits per heavy atom. The fourth-order valence-electron chi connectivity index (χ4n) is 2.48. The Morgan fingerprint density at radius 1 is 1.37 bits per heavy atom. The predicted octanol–water partition coefficient (Wildman–Crippen LogP) is 2.30. The maximum absolute atomic E-state index is 11.3. The molecule has 0 aliphatic heterocycles. The van der Waals surface area contributed by atoms with Crippen LogP contribution in [0, 0.1) is 5.41 Å². The summed E-state index contributed by atoms with van der Waals surface area (Å²) < 4.78 is 0. The third-order valence-corrected chi connectivity index (χ3v) is 3.93. The summed E-state index contributed by atoms with van der Waals surface area (Å²) in [6.45, 7) is 0.408. The smallest absolute Gasteiger partial charge is 0.311 e. The molecule has 0 radical (unpaired) electrons. The molecule has 0 saturated heterocycles. The second kappa shape index (κ2) is 4.50. The summed E-state index contributed by atoms with van der Waals surface area (Å²) in [6, 6.07) is 7.80. The van der Waals surface area contributed by atoms with Crippen LogP contribution in [0.4, 0.5) is 5.82 Å². The molecule has 5 nitrogen and oxygen atoms in total. The molecule has 3 rings (SSSR count). The first-order chi connectivity index (χ1) is 9.21. The molecular weight excluding hydrogens is 242 g/mol. The van der Waals surface area contributed by atoms with Crippen molar-refractivity contribution in [2.45, 2.75) is 19.3 Å². The summed E-state index contributed by atoms with van der Waals surface area (Å²) in [6.07, 6.45) is 4.15. The molecule has 1 aliphatic carbocycles. The molecule has 0 unspecified atom stereocenters. The molecule has 0 spiro atoms. The van der Waals surface area contributed by atoms with Crippen LogP contribution in [0.3, 0.4) is 0 Å². The highest BCUT2D eigenvalue weighted by Crippen LogP contribution is 2.41. The van der Waals surface area contributed by atoms with Gasteiger partial charge in [0.2, 0.25) is 0 Å². The van der Waals surface area contributed by atoms with E-state index in [2.05, 4.69) is 15.5 Å². The normalized spacial score (nSPS) is 16.8. The minimum atomic E-state index is -0.723. The second-order valence-corrected chi connectivity index (χ2v) is 5.07. The SMILES string of the molecule is O=C(O)C1(CNc2nncc3ccccc23)CCC1. The zero-order valence-electron chi connectivity index (χ0n) is 10.5. The molecule has 1 saturated carbocycles. The highest BCUT2D eigenvalue weighted by molar-refractivity contribution is 5.91. The quantitative estimate of drug-likeness (QED) is 0.879. The van der Waals surface area contributed by atoms with Crippen LogP contribution in [0.25, 0.3) is 10.8 Å². The van der Waals surface area contributed by atoms with Crippen LogP contribution in [0.2, 0.25) is 0 Å². The highest BCUT2D eigenvalue weighted by Gasteiger charge is 2.44. The fraction of sp³-hybridized carbons (Fsp3) is 0.357. The molecule has 1 fully saturated rings. The van der Waals surface area contributed by atoms with Crippen molar-refractivity contribution in [2.24, 2.45) is 5.41 Å². The van der Waals surface area contributed by atoms with E-state index < -0.39 is 11.4 Å². The Balaban J connectivity index is 1.84. The Kier molecular flexibility index (Phi) is 2.81. The third-order valence-electron chi connectivity index (χ3n) is 3.93. The van der Waals surface area contributed by atoms with Crippen LogP contribution in [-0.4, -0.2) is 27.8 Å². The number of rotatable bonds is 4. The molecule has 5 heteroatoms. The van der Waals surface area contributed by atoms with E-state index in [9.17, 15) is 9.90 Å². The Morgan fingerprint density at radius 3 is 2.84 bits per heavy atom. The molecule has 0 bridgehead atoms. The van der Waals surface area contributed by atoms with Crippen molar-refractivity contribution in [3.63, 3.8) is 0 Å². The van der Waals surface area contributed by atoms with E-state index in [0.717, 1.165) is 30.0 Å². The van der Waals surface area contributed by atoms with E-state index in [1.807, 2.05) is 24.3 Å². The number of anilines is 1. The largest absolute Gasteiger partial charge is 0.481 e. The van der Waals surface area contributed by atoms with Crippen molar-refractivity contribution in [3.05, 3.63) is 30.5 Å². The molecule has 0 atom stereocenters. The lowest BCUT2D eigenvalue weighted by Gasteiger charge is -2.37.